The summed E-state index contributed by atoms with van der Waals surface area (Å²) in [6.45, 7) is 1.44. The molecule has 1 saturated heterocycles. The summed E-state index contributed by atoms with van der Waals surface area (Å²) in [5.41, 5.74) is 0.384. The number of carbonyl (C=O) groups excluding carboxylic acids is 4. The predicted octanol–water partition coefficient (Wildman–Crippen LogP) is -0.807. The molecular formula is C13H17N3O6S. The zero-order valence-corrected chi connectivity index (χ0v) is 13.4. The van der Waals surface area contributed by atoms with E-state index in [1.807, 2.05) is 0 Å². The van der Waals surface area contributed by atoms with Crippen molar-refractivity contribution in [1.29, 1.82) is 0 Å². The lowest BCUT2D eigenvalue weighted by molar-refractivity contribution is -0.147. The minimum absolute atomic E-state index is 0.00119. The summed E-state index contributed by atoms with van der Waals surface area (Å²) in [6.07, 6.45) is 0. The van der Waals surface area contributed by atoms with E-state index in [4.69, 9.17) is 9.47 Å². The normalized spacial score (nSPS) is 17.7. The molecule has 23 heavy (non-hydrogen) atoms. The minimum atomic E-state index is -0.607. The average molecular weight is 343 g/mol. The van der Waals surface area contributed by atoms with Gasteiger partial charge in [0.1, 0.15) is 13.2 Å². The van der Waals surface area contributed by atoms with Crippen LogP contribution in [0.1, 0.15) is 6.92 Å². The van der Waals surface area contributed by atoms with Gasteiger partial charge in [-0.25, -0.2) is 9.59 Å². The quantitative estimate of drug-likeness (QED) is 0.606. The highest BCUT2D eigenvalue weighted by molar-refractivity contribution is 8.00. The highest BCUT2D eigenvalue weighted by Gasteiger charge is 2.26. The van der Waals surface area contributed by atoms with Crippen molar-refractivity contribution in [2.45, 2.75) is 6.92 Å². The maximum Gasteiger partial charge on any atom is 0.337 e. The summed E-state index contributed by atoms with van der Waals surface area (Å²) in [6, 6.07) is -0.491. The van der Waals surface area contributed by atoms with Crippen molar-refractivity contribution < 1.29 is 28.7 Å². The van der Waals surface area contributed by atoms with Gasteiger partial charge in [0.2, 0.25) is 5.91 Å². The number of thioether (sulfide) groups is 1. The van der Waals surface area contributed by atoms with Crippen LogP contribution in [0, 0.1) is 0 Å². The maximum absolute atomic E-state index is 11.8. The van der Waals surface area contributed by atoms with Crippen LogP contribution >= 0.6 is 11.8 Å². The number of nitrogens with one attached hydrogen (secondary N) is 2. The number of hydrogen-bond donors (Lipinski definition) is 2. The molecule has 2 heterocycles. The van der Waals surface area contributed by atoms with Crippen LogP contribution in [-0.4, -0.2) is 66.7 Å². The van der Waals surface area contributed by atoms with Gasteiger partial charge in [0.05, 0.1) is 36.1 Å². The Kier molecular flexibility index (Phi) is 5.85. The first-order chi connectivity index (χ1) is 11.0. The van der Waals surface area contributed by atoms with Crippen LogP contribution in [-0.2, 0) is 23.9 Å². The first-order valence-electron chi connectivity index (χ1n) is 6.96. The number of urea groups is 1. The molecule has 0 bridgehead atoms. The number of hydrogen-bond acceptors (Lipinski definition) is 7. The highest BCUT2D eigenvalue weighted by Crippen LogP contribution is 2.14. The second-order valence-corrected chi connectivity index (χ2v) is 5.67. The molecule has 0 aromatic heterocycles. The Morgan fingerprint density at radius 3 is 2.74 bits per heavy atom. The van der Waals surface area contributed by atoms with Crippen LogP contribution in [0.4, 0.5) is 4.79 Å². The minimum Gasteiger partial charge on any atom is -0.463 e. The van der Waals surface area contributed by atoms with E-state index < -0.39 is 18.0 Å². The van der Waals surface area contributed by atoms with Crippen molar-refractivity contribution in [2.24, 2.45) is 0 Å². The number of amides is 3. The molecule has 0 aromatic rings. The molecule has 10 heteroatoms. The van der Waals surface area contributed by atoms with E-state index in [1.54, 1.807) is 6.92 Å². The summed E-state index contributed by atoms with van der Waals surface area (Å²) >= 11 is 1.42. The van der Waals surface area contributed by atoms with Crippen molar-refractivity contribution >= 4 is 35.6 Å². The second kappa shape index (κ2) is 7.86. The molecule has 2 rings (SSSR count). The smallest absolute Gasteiger partial charge is 0.337 e. The van der Waals surface area contributed by atoms with E-state index in [0.29, 0.717) is 11.6 Å². The summed E-state index contributed by atoms with van der Waals surface area (Å²) in [5, 5.41) is 4.88. The van der Waals surface area contributed by atoms with Crippen LogP contribution in [0.15, 0.2) is 11.3 Å². The lowest BCUT2D eigenvalue weighted by Crippen LogP contribution is -2.45. The molecule has 9 nitrogen and oxygen atoms in total. The molecule has 0 atom stereocenters. The lowest BCUT2D eigenvalue weighted by Gasteiger charge is -2.21. The molecule has 2 aliphatic heterocycles. The Hall–Kier alpha value is -2.23. The fraction of sp³-hybridized carbons (Fsp3) is 0.538. The first-order valence-corrected chi connectivity index (χ1v) is 8.12. The molecule has 126 valence electrons. The average Bonchev–Trinajstić information content (AvgIpc) is 2.90. The van der Waals surface area contributed by atoms with Crippen LogP contribution < -0.4 is 10.6 Å². The van der Waals surface area contributed by atoms with E-state index in [2.05, 4.69) is 10.6 Å². The zero-order valence-electron chi connectivity index (χ0n) is 12.5. The first kappa shape index (κ1) is 17.1. The maximum atomic E-state index is 11.8. The van der Waals surface area contributed by atoms with E-state index in [1.165, 1.54) is 16.7 Å². The molecule has 0 radical (unpaired) electrons. The van der Waals surface area contributed by atoms with E-state index in [-0.39, 0.29) is 43.5 Å². The molecule has 3 amide bonds. The summed E-state index contributed by atoms with van der Waals surface area (Å²) in [5.74, 6) is -0.506. The molecule has 0 spiro atoms. The van der Waals surface area contributed by atoms with Crippen LogP contribution in [0.2, 0.25) is 0 Å². The fourth-order valence-corrected chi connectivity index (χ4v) is 2.87. The Labute approximate surface area is 136 Å². The molecule has 0 saturated carbocycles. The third-order valence-electron chi connectivity index (χ3n) is 3.10. The van der Waals surface area contributed by atoms with E-state index >= 15 is 0 Å². The Morgan fingerprint density at radius 2 is 2.09 bits per heavy atom. The molecule has 0 aliphatic carbocycles. The number of esters is 2. The molecule has 2 N–H and O–H groups in total. The summed E-state index contributed by atoms with van der Waals surface area (Å²) in [4.78, 5) is 47.8. The van der Waals surface area contributed by atoms with Crippen molar-refractivity contribution in [3.05, 3.63) is 11.3 Å². The molecule has 0 unspecified atom stereocenters. The number of carbonyl (C=O) groups is 4. The Morgan fingerprint density at radius 1 is 1.30 bits per heavy atom. The fourth-order valence-electron chi connectivity index (χ4n) is 1.96. The van der Waals surface area contributed by atoms with Gasteiger partial charge in [0.15, 0.2) is 0 Å². The summed E-state index contributed by atoms with van der Waals surface area (Å²) < 4.78 is 9.94. The highest BCUT2D eigenvalue weighted by atomic mass is 32.2. The van der Waals surface area contributed by atoms with Crippen molar-refractivity contribution in [2.75, 3.05) is 37.9 Å². The lowest BCUT2D eigenvalue weighted by atomic mass is 10.2. The van der Waals surface area contributed by atoms with Crippen molar-refractivity contribution in [3.8, 4) is 0 Å². The Bertz CT molecular complexity index is 562. The third kappa shape index (κ3) is 4.62. The van der Waals surface area contributed by atoms with Gasteiger partial charge in [-0.15, -0.1) is 11.8 Å². The largest absolute Gasteiger partial charge is 0.463 e. The molecule has 2 aliphatic rings. The van der Waals surface area contributed by atoms with E-state index in [9.17, 15) is 19.2 Å². The monoisotopic (exact) mass is 343 g/mol. The van der Waals surface area contributed by atoms with Gasteiger partial charge < -0.3 is 25.0 Å². The van der Waals surface area contributed by atoms with Gasteiger partial charge in [0.25, 0.3) is 0 Å². The van der Waals surface area contributed by atoms with E-state index in [0.717, 1.165) is 0 Å². The molecule has 1 fully saturated rings. The number of rotatable bonds is 6. The molecule has 0 aromatic carbocycles. The van der Waals surface area contributed by atoms with Crippen LogP contribution in [0.3, 0.4) is 0 Å². The van der Waals surface area contributed by atoms with Gasteiger partial charge in [0, 0.05) is 0 Å². The third-order valence-corrected chi connectivity index (χ3v) is 4.04. The van der Waals surface area contributed by atoms with Gasteiger partial charge in [-0.3, -0.25) is 9.59 Å². The van der Waals surface area contributed by atoms with Gasteiger partial charge in [-0.2, -0.15) is 0 Å². The number of ether oxygens (including phenoxy) is 2. The predicted molar refractivity (Wildman–Crippen MR) is 80.2 cm³/mol. The van der Waals surface area contributed by atoms with Crippen LogP contribution in [0.5, 0.6) is 0 Å². The summed E-state index contributed by atoms with van der Waals surface area (Å²) in [7, 11) is 0. The SMILES string of the molecule is CCOC(=O)C1=C(COC(=O)CN2CSCC2=O)NC(=O)NC1. The molecular weight excluding hydrogens is 326 g/mol. The van der Waals surface area contributed by atoms with Crippen molar-refractivity contribution in [1.82, 2.24) is 15.5 Å². The zero-order chi connectivity index (χ0) is 16.8. The van der Waals surface area contributed by atoms with Gasteiger partial charge in [-0.1, -0.05) is 0 Å². The Balaban J connectivity index is 1.94. The van der Waals surface area contributed by atoms with Crippen molar-refractivity contribution in [3.63, 3.8) is 0 Å². The second-order valence-electron chi connectivity index (χ2n) is 4.72. The standard InChI is InChI=1S/C13H17N3O6S/c1-2-21-12(19)8-3-14-13(20)15-9(8)5-22-11(18)4-16-7-23-6-10(16)17/h2-7H2,1H3,(H2,14,15,20). The van der Waals surface area contributed by atoms with Gasteiger partial charge in [-0.05, 0) is 6.92 Å². The van der Waals surface area contributed by atoms with Gasteiger partial charge >= 0.3 is 18.0 Å². The number of nitrogens with zero attached hydrogens (tertiary/aromatic N) is 1. The topological polar surface area (TPSA) is 114 Å². The van der Waals surface area contributed by atoms with Crippen LogP contribution in [0.25, 0.3) is 0 Å².